The largest absolute Gasteiger partial charge is 0.0622 e. The summed E-state index contributed by atoms with van der Waals surface area (Å²) in [5.41, 5.74) is 14.7. The second-order valence-electron chi connectivity index (χ2n) is 14.1. The Kier molecular flexibility index (Phi) is 7.93. The lowest BCUT2D eigenvalue weighted by atomic mass is 9.85. The van der Waals surface area contributed by atoms with E-state index in [4.69, 9.17) is 0 Å². The number of fused-ring (bicyclic) bond motifs is 3. The average molecular weight is 685 g/mol. The van der Waals surface area contributed by atoms with Crippen LogP contribution in [-0.4, -0.2) is 0 Å². The van der Waals surface area contributed by atoms with E-state index in [0.717, 1.165) is 0 Å². The van der Waals surface area contributed by atoms with Crippen LogP contribution in [0.25, 0.3) is 99.1 Å². The van der Waals surface area contributed by atoms with Crippen molar-refractivity contribution in [3.05, 3.63) is 218 Å². The van der Waals surface area contributed by atoms with Crippen molar-refractivity contribution in [2.24, 2.45) is 0 Å². The van der Waals surface area contributed by atoms with E-state index in [-0.39, 0.29) is 0 Å². The zero-order valence-corrected chi connectivity index (χ0v) is 29.8. The summed E-state index contributed by atoms with van der Waals surface area (Å²) in [4.78, 5) is 0. The van der Waals surface area contributed by atoms with E-state index in [9.17, 15) is 0 Å². The van der Waals surface area contributed by atoms with Crippen LogP contribution in [0.3, 0.4) is 0 Å². The first-order valence-electron chi connectivity index (χ1n) is 18.7. The average Bonchev–Trinajstić information content (AvgIpc) is 3.26. The minimum Gasteiger partial charge on any atom is -0.0622 e. The van der Waals surface area contributed by atoms with E-state index in [1.807, 2.05) is 0 Å². The summed E-state index contributed by atoms with van der Waals surface area (Å²) in [5, 5.41) is 7.55. The van der Waals surface area contributed by atoms with Gasteiger partial charge in [0.2, 0.25) is 0 Å². The maximum atomic E-state index is 2.41. The second-order valence-corrected chi connectivity index (χ2v) is 14.1. The van der Waals surface area contributed by atoms with E-state index in [0.29, 0.717) is 0 Å². The molecule has 0 aliphatic carbocycles. The summed E-state index contributed by atoms with van der Waals surface area (Å²) in [6, 6.07) is 79.7. The van der Waals surface area contributed by atoms with Gasteiger partial charge in [-0.3, -0.25) is 0 Å². The molecule has 0 unspecified atom stereocenters. The van der Waals surface area contributed by atoms with Gasteiger partial charge in [-0.15, -0.1) is 0 Å². The summed E-state index contributed by atoms with van der Waals surface area (Å²) in [7, 11) is 0. The highest BCUT2D eigenvalue weighted by Gasteiger charge is 2.17. The summed E-state index contributed by atoms with van der Waals surface area (Å²) in [6.07, 6.45) is 0. The Bertz CT molecular complexity index is 2840. The molecule has 0 saturated carbocycles. The molecule has 0 spiro atoms. The lowest BCUT2D eigenvalue weighted by molar-refractivity contribution is 1.56. The molecule has 0 atom stereocenters. The standard InChI is InChI=1S/C54H36/c1-4-16-37(17-5-1)44-33-45(38-18-6-2-7-19-38)35-46(34-44)41-23-14-24-42(32-41)47-29-15-22-39-30-31-43(36-52(39)47)54-50-27-12-10-25-48(50)53(40-20-8-3-9-21-40)49-26-11-13-28-51(49)54/h1-36H. The summed E-state index contributed by atoms with van der Waals surface area (Å²) in [5.74, 6) is 0. The van der Waals surface area contributed by atoms with Crippen LogP contribution in [-0.2, 0) is 0 Å². The van der Waals surface area contributed by atoms with Crippen molar-refractivity contribution in [2.75, 3.05) is 0 Å². The van der Waals surface area contributed by atoms with Crippen molar-refractivity contribution < 1.29 is 0 Å². The van der Waals surface area contributed by atoms with Gasteiger partial charge in [0.15, 0.2) is 0 Å². The molecule has 0 fully saturated rings. The number of hydrogen-bond acceptors (Lipinski definition) is 0. The van der Waals surface area contributed by atoms with Crippen LogP contribution in [0.2, 0.25) is 0 Å². The highest BCUT2D eigenvalue weighted by Crippen LogP contribution is 2.45. The maximum absolute atomic E-state index is 2.41. The van der Waals surface area contributed by atoms with Crippen molar-refractivity contribution in [1.29, 1.82) is 0 Å². The molecule has 0 N–H and O–H groups in total. The Labute approximate surface area is 316 Å². The van der Waals surface area contributed by atoms with Gasteiger partial charge in [0.25, 0.3) is 0 Å². The minimum atomic E-state index is 1.20. The van der Waals surface area contributed by atoms with Crippen LogP contribution < -0.4 is 0 Å². The predicted molar refractivity (Wildman–Crippen MR) is 232 cm³/mol. The number of benzene rings is 10. The van der Waals surface area contributed by atoms with Crippen LogP contribution in [0.5, 0.6) is 0 Å². The second kappa shape index (κ2) is 13.5. The number of hydrogen-bond donors (Lipinski definition) is 0. The molecule has 10 aromatic carbocycles. The van der Waals surface area contributed by atoms with Gasteiger partial charge < -0.3 is 0 Å². The highest BCUT2D eigenvalue weighted by atomic mass is 14.2. The zero-order chi connectivity index (χ0) is 35.8. The van der Waals surface area contributed by atoms with Crippen molar-refractivity contribution in [3.8, 4) is 66.8 Å². The molecule has 0 saturated heterocycles. The van der Waals surface area contributed by atoms with Gasteiger partial charge in [-0.25, -0.2) is 0 Å². The van der Waals surface area contributed by atoms with E-state index in [1.54, 1.807) is 0 Å². The molecule has 252 valence electrons. The van der Waals surface area contributed by atoms with Gasteiger partial charge in [-0.1, -0.05) is 188 Å². The van der Waals surface area contributed by atoms with Gasteiger partial charge in [-0.05, 0) is 129 Å². The monoisotopic (exact) mass is 684 g/mol. The van der Waals surface area contributed by atoms with Gasteiger partial charge >= 0.3 is 0 Å². The molecular weight excluding hydrogens is 649 g/mol. The van der Waals surface area contributed by atoms with Gasteiger partial charge in [0, 0.05) is 0 Å². The van der Waals surface area contributed by atoms with Crippen molar-refractivity contribution in [1.82, 2.24) is 0 Å². The summed E-state index contributed by atoms with van der Waals surface area (Å²) < 4.78 is 0. The van der Waals surface area contributed by atoms with Crippen LogP contribution in [0, 0.1) is 0 Å². The maximum Gasteiger partial charge on any atom is -0.00261 e. The van der Waals surface area contributed by atoms with E-state index in [2.05, 4.69) is 218 Å². The lowest BCUT2D eigenvalue weighted by Gasteiger charge is -2.18. The molecule has 10 rings (SSSR count). The first-order valence-corrected chi connectivity index (χ1v) is 18.7. The summed E-state index contributed by atoms with van der Waals surface area (Å²) >= 11 is 0. The molecule has 0 nitrogen and oxygen atoms in total. The predicted octanol–water partition coefficient (Wildman–Crippen LogP) is 15.1. The van der Waals surface area contributed by atoms with Crippen molar-refractivity contribution in [3.63, 3.8) is 0 Å². The Hall–Kier alpha value is -7.02. The quantitative estimate of drug-likeness (QED) is 0.153. The third kappa shape index (κ3) is 5.66. The topological polar surface area (TPSA) is 0 Å². The SMILES string of the molecule is c1ccc(-c2cc(-c3ccccc3)cc(-c3cccc(-c4cccc5ccc(-c6c7ccccc7c(-c7ccccc7)c7ccccc67)cc45)c3)c2)cc1. The molecular formula is C54H36. The Morgan fingerprint density at radius 3 is 1.15 bits per heavy atom. The molecule has 0 aliphatic rings. The van der Waals surface area contributed by atoms with E-state index < -0.39 is 0 Å². The molecule has 0 aromatic heterocycles. The summed E-state index contributed by atoms with van der Waals surface area (Å²) in [6.45, 7) is 0. The molecule has 0 radical (unpaired) electrons. The molecule has 0 bridgehead atoms. The molecule has 0 heteroatoms. The fourth-order valence-electron chi connectivity index (χ4n) is 8.29. The highest BCUT2D eigenvalue weighted by molar-refractivity contribution is 6.22. The fourth-order valence-corrected chi connectivity index (χ4v) is 8.29. The lowest BCUT2D eigenvalue weighted by Crippen LogP contribution is -1.91. The molecule has 0 heterocycles. The fraction of sp³-hybridized carbons (Fsp3) is 0. The van der Waals surface area contributed by atoms with Crippen LogP contribution in [0.15, 0.2) is 218 Å². The van der Waals surface area contributed by atoms with Crippen LogP contribution in [0.1, 0.15) is 0 Å². The van der Waals surface area contributed by atoms with Gasteiger partial charge in [0.1, 0.15) is 0 Å². The zero-order valence-electron chi connectivity index (χ0n) is 29.8. The molecule has 10 aromatic rings. The van der Waals surface area contributed by atoms with E-state index >= 15 is 0 Å². The Morgan fingerprint density at radius 2 is 0.593 bits per heavy atom. The van der Waals surface area contributed by atoms with Gasteiger partial charge in [-0.2, -0.15) is 0 Å². The van der Waals surface area contributed by atoms with Crippen molar-refractivity contribution >= 4 is 32.3 Å². The van der Waals surface area contributed by atoms with Gasteiger partial charge in [0.05, 0.1) is 0 Å². The molecule has 0 aliphatic heterocycles. The molecule has 0 amide bonds. The first kappa shape index (κ1) is 31.7. The van der Waals surface area contributed by atoms with E-state index in [1.165, 1.54) is 99.1 Å². The smallest absolute Gasteiger partial charge is 0.00261 e. The first-order chi connectivity index (χ1) is 26.8. The third-order valence-corrected chi connectivity index (χ3v) is 10.8. The van der Waals surface area contributed by atoms with Crippen LogP contribution >= 0.6 is 0 Å². The number of rotatable bonds is 6. The minimum absolute atomic E-state index is 1.20. The third-order valence-electron chi connectivity index (χ3n) is 10.8. The Balaban J connectivity index is 1.15. The van der Waals surface area contributed by atoms with Crippen LogP contribution in [0.4, 0.5) is 0 Å². The van der Waals surface area contributed by atoms with Crippen molar-refractivity contribution in [2.45, 2.75) is 0 Å². The molecule has 54 heavy (non-hydrogen) atoms. The Morgan fingerprint density at radius 1 is 0.185 bits per heavy atom. The normalized spacial score (nSPS) is 11.3.